The average Bonchev–Trinajstić information content (AvgIpc) is 2.90. The Labute approximate surface area is 87.3 Å². The molecule has 1 aliphatic heterocycles. The molecule has 0 spiro atoms. The van der Waals surface area contributed by atoms with Crippen LogP contribution < -0.4 is 0 Å². The molecule has 2 heteroatoms. The lowest BCUT2D eigenvalue weighted by atomic mass is 10.1. The third-order valence-corrected chi connectivity index (χ3v) is 3.87. The molecule has 0 aromatic heterocycles. The van der Waals surface area contributed by atoms with E-state index >= 15 is 0 Å². The lowest BCUT2D eigenvalue weighted by Crippen LogP contribution is -2.33. The predicted octanol–water partition coefficient (Wildman–Crippen LogP) is 1.88. The molecule has 2 aliphatic rings. The van der Waals surface area contributed by atoms with E-state index in [-0.39, 0.29) is 0 Å². The molecule has 2 unspecified atom stereocenters. The van der Waals surface area contributed by atoms with Crippen LogP contribution in [0.2, 0.25) is 0 Å². The largest absolute Gasteiger partial charge is 0.396 e. The Morgan fingerprint density at radius 3 is 2.57 bits per heavy atom. The number of hydrogen-bond donors (Lipinski definition) is 1. The van der Waals surface area contributed by atoms with Crippen molar-refractivity contribution in [1.29, 1.82) is 0 Å². The van der Waals surface area contributed by atoms with Crippen molar-refractivity contribution in [2.75, 3.05) is 19.7 Å². The Kier molecular flexibility index (Phi) is 3.45. The van der Waals surface area contributed by atoms with Gasteiger partial charge in [-0.3, -0.25) is 0 Å². The topological polar surface area (TPSA) is 23.5 Å². The maximum Gasteiger partial charge on any atom is 0.0471 e. The molecule has 1 aliphatic carbocycles. The van der Waals surface area contributed by atoms with Gasteiger partial charge in [0, 0.05) is 19.2 Å². The van der Waals surface area contributed by atoms with Gasteiger partial charge in [-0.05, 0) is 37.6 Å². The van der Waals surface area contributed by atoms with Gasteiger partial charge >= 0.3 is 0 Å². The minimum Gasteiger partial charge on any atom is -0.396 e. The summed E-state index contributed by atoms with van der Waals surface area (Å²) in [6.45, 7) is 5.05. The van der Waals surface area contributed by atoms with Crippen LogP contribution >= 0.6 is 0 Å². The molecule has 1 saturated carbocycles. The van der Waals surface area contributed by atoms with Gasteiger partial charge in [-0.2, -0.15) is 0 Å². The van der Waals surface area contributed by atoms with E-state index < -0.39 is 0 Å². The maximum atomic E-state index is 9.11. The van der Waals surface area contributed by atoms with Gasteiger partial charge in [-0.15, -0.1) is 0 Å². The Balaban J connectivity index is 1.79. The molecule has 14 heavy (non-hydrogen) atoms. The summed E-state index contributed by atoms with van der Waals surface area (Å²) in [5.41, 5.74) is 0. The summed E-state index contributed by atoms with van der Waals surface area (Å²) >= 11 is 0. The highest BCUT2D eigenvalue weighted by molar-refractivity contribution is 4.85. The molecular formula is C12H23NO. The van der Waals surface area contributed by atoms with E-state index in [1.54, 1.807) is 0 Å². The molecule has 0 radical (unpaired) electrons. The highest BCUT2D eigenvalue weighted by atomic mass is 16.3. The number of aliphatic hydroxyl groups excluding tert-OH is 1. The zero-order chi connectivity index (χ0) is 9.97. The highest BCUT2D eigenvalue weighted by Gasteiger charge is 2.31. The van der Waals surface area contributed by atoms with Crippen molar-refractivity contribution in [2.24, 2.45) is 11.8 Å². The minimum atomic E-state index is 0.385. The van der Waals surface area contributed by atoms with Crippen LogP contribution in [0.25, 0.3) is 0 Å². The van der Waals surface area contributed by atoms with Crippen LogP contribution in [0.1, 0.15) is 39.0 Å². The molecule has 0 amide bonds. The molecule has 2 atom stereocenters. The van der Waals surface area contributed by atoms with Gasteiger partial charge in [0.2, 0.25) is 0 Å². The molecule has 0 aromatic rings. The summed E-state index contributed by atoms with van der Waals surface area (Å²) in [6.07, 6.45) is 6.84. The Bertz CT molecular complexity index is 179. The number of hydrogen-bond acceptors (Lipinski definition) is 2. The van der Waals surface area contributed by atoms with Crippen LogP contribution in [-0.2, 0) is 0 Å². The number of rotatable bonds is 5. The molecular weight excluding hydrogens is 174 g/mol. The van der Waals surface area contributed by atoms with Gasteiger partial charge in [0.05, 0.1) is 0 Å². The second kappa shape index (κ2) is 4.63. The van der Waals surface area contributed by atoms with Gasteiger partial charge in [0.25, 0.3) is 0 Å². The first-order valence-corrected chi connectivity index (χ1v) is 6.18. The number of nitrogens with zero attached hydrogens (tertiary/aromatic N) is 1. The second-order valence-corrected chi connectivity index (χ2v) is 5.07. The summed E-state index contributed by atoms with van der Waals surface area (Å²) in [4.78, 5) is 2.61. The van der Waals surface area contributed by atoms with Crippen molar-refractivity contribution in [2.45, 2.75) is 45.1 Å². The third-order valence-electron chi connectivity index (χ3n) is 3.87. The molecule has 1 heterocycles. The van der Waals surface area contributed by atoms with Gasteiger partial charge < -0.3 is 10.0 Å². The Morgan fingerprint density at radius 1 is 1.29 bits per heavy atom. The Hall–Kier alpha value is -0.0800. The molecule has 2 nitrogen and oxygen atoms in total. The van der Waals surface area contributed by atoms with Crippen LogP contribution in [0.15, 0.2) is 0 Å². The van der Waals surface area contributed by atoms with Crippen LogP contribution in [-0.4, -0.2) is 35.7 Å². The summed E-state index contributed by atoms with van der Waals surface area (Å²) in [5.74, 6) is 1.59. The average molecular weight is 197 g/mol. The third kappa shape index (κ3) is 2.48. The number of likely N-dealkylation sites (tertiary alicyclic amines) is 1. The maximum absolute atomic E-state index is 9.11. The van der Waals surface area contributed by atoms with Gasteiger partial charge in [-0.25, -0.2) is 0 Å². The van der Waals surface area contributed by atoms with Crippen molar-refractivity contribution >= 4 is 0 Å². The molecule has 1 N–H and O–H groups in total. The van der Waals surface area contributed by atoms with Crippen LogP contribution in [0.5, 0.6) is 0 Å². The number of aliphatic hydroxyl groups is 1. The fourth-order valence-corrected chi connectivity index (χ4v) is 2.66. The quantitative estimate of drug-likeness (QED) is 0.727. The molecule has 2 rings (SSSR count). The zero-order valence-electron chi connectivity index (χ0n) is 9.28. The lowest BCUT2D eigenvalue weighted by Gasteiger charge is -2.26. The summed E-state index contributed by atoms with van der Waals surface area (Å²) in [7, 11) is 0. The van der Waals surface area contributed by atoms with Crippen molar-refractivity contribution in [3.05, 3.63) is 0 Å². The van der Waals surface area contributed by atoms with E-state index in [2.05, 4.69) is 11.8 Å². The van der Waals surface area contributed by atoms with Gasteiger partial charge in [0.15, 0.2) is 0 Å². The fourth-order valence-electron chi connectivity index (χ4n) is 2.66. The predicted molar refractivity (Wildman–Crippen MR) is 58.2 cm³/mol. The van der Waals surface area contributed by atoms with Crippen molar-refractivity contribution in [3.8, 4) is 0 Å². The highest BCUT2D eigenvalue weighted by Crippen LogP contribution is 2.36. The monoisotopic (exact) mass is 197 g/mol. The SMILES string of the molecule is CCC(CC1CC1)N1CCC(CO)C1. The van der Waals surface area contributed by atoms with E-state index in [1.807, 2.05) is 0 Å². The first-order valence-electron chi connectivity index (χ1n) is 6.18. The smallest absolute Gasteiger partial charge is 0.0471 e. The van der Waals surface area contributed by atoms with Gasteiger partial charge in [0.1, 0.15) is 0 Å². The van der Waals surface area contributed by atoms with Crippen molar-refractivity contribution in [3.63, 3.8) is 0 Å². The molecule has 1 saturated heterocycles. The van der Waals surface area contributed by atoms with Gasteiger partial charge in [-0.1, -0.05) is 19.8 Å². The van der Waals surface area contributed by atoms with E-state index in [0.717, 1.165) is 18.5 Å². The summed E-state index contributed by atoms with van der Waals surface area (Å²) in [5, 5.41) is 9.11. The first-order chi connectivity index (χ1) is 6.83. The van der Waals surface area contributed by atoms with E-state index in [0.29, 0.717) is 12.5 Å². The zero-order valence-corrected chi connectivity index (χ0v) is 9.28. The first kappa shape index (κ1) is 10.4. The van der Waals surface area contributed by atoms with Crippen molar-refractivity contribution in [1.82, 2.24) is 4.90 Å². The molecule has 2 fully saturated rings. The standard InChI is InChI=1S/C12H23NO/c1-2-12(7-10-3-4-10)13-6-5-11(8-13)9-14/h10-12,14H,2-9H2,1H3. The molecule has 82 valence electrons. The van der Waals surface area contributed by atoms with E-state index in [9.17, 15) is 0 Å². The molecule has 0 aromatic carbocycles. The Morgan fingerprint density at radius 2 is 2.07 bits per heavy atom. The van der Waals surface area contributed by atoms with Crippen LogP contribution in [0.3, 0.4) is 0 Å². The molecule has 0 bridgehead atoms. The minimum absolute atomic E-state index is 0.385. The van der Waals surface area contributed by atoms with Crippen LogP contribution in [0.4, 0.5) is 0 Å². The van der Waals surface area contributed by atoms with Crippen molar-refractivity contribution < 1.29 is 5.11 Å². The summed E-state index contributed by atoms with van der Waals surface area (Å²) < 4.78 is 0. The van der Waals surface area contributed by atoms with Crippen LogP contribution in [0, 0.1) is 11.8 Å². The second-order valence-electron chi connectivity index (χ2n) is 5.07. The fraction of sp³-hybridized carbons (Fsp3) is 1.00. The summed E-state index contributed by atoms with van der Waals surface area (Å²) in [6, 6.07) is 0.805. The normalized spacial score (nSPS) is 30.9. The van der Waals surface area contributed by atoms with E-state index in [4.69, 9.17) is 5.11 Å². The van der Waals surface area contributed by atoms with E-state index in [1.165, 1.54) is 38.6 Å². The lowest BCUT2D eigenvalue weighted by molar-refractivity contribution is 0.185.